The first-order chi connectivity index (χ1) is 9.61. The molecule has 1 N–H and O–H groups in total. The van der Waals surface area contributed by atoms with E-state index in [2.05, 4.69) is 4.72 Å². The van der Waals surface area contributed by atoms with Crippen LogP contribution in [0.2, 0.25) is 0 Å². The second-order valence-electron chi connectivity index (χ2n) is 4.56. The lowest BCUT2D eigenvalue weighted by Crippen LogP contribution is -2.29. The van der Waals surface area contributed by atoms with Gasteiger partial charge in [0.25, 0.3) is 9.05 Å². The molecule has 0 aromatic heterocycles. The molecule has 21 heavy (non-hydrogen) atoms. The smallest absolute Gasteiger partial charge is 0.211 e. The molecule has 0 amide bonds. The first-order valence-electron chi connectivity index (χ1n) is 6.35. The van der Waals surface area contributed by atoms with Crippen LogP contribution in [0, 0.1) is 11.7 Å². The predicted molar refractivity (Wildman–Crippen MR) is 78.7 cm³/mol. The summed E-state index contributed by atoms with van der Waals surface area (Å²) in [6.07, 6.45) is 1.59. The molecule has 1 aromatic carbocycles. The average Bonchev–Trinajstić information content (AvgIpc) is 2.38. The van der Waals surface area contributed by atoms with E-state index >= 15 is 0 Å². The van der Waals surface area contributed by atoms with Crippen LogP contribution >= 0.6 is 10.7 Å². The third-order valence-electron chi connectivity index (χ3n) is 3.19. The number of nitrogens with one attached hydrogen (secondary N) is 1. The van der Waals surface area contributed by atoms with Crippen molar-refractivity contribution in [1.29, 1.82) is 0 Å². The molecule has 0 unspecified atom stereocenters. The maximum atomic E-state index is 13.8. The molecular formula is C12H17ClFNO4S2. The van der Waals surface area contributed by atoms with E-state index in [9.17, 15) is 21.2 Å². The Kier molecular flexibility index (Phi) is 6.15. The molecule has 5 nitrogen and oxygen atoms in total. The van der Waals surface area contributed by atoms with Crippen molar-refractivity contribution in [2.75, 3.05) is 6.54 Å². The van der Waals surface area contributed by atoms with Crippen LogP contribution in [0.1, 0.15) is 26.7 Å². The van der Waals surface area contributed by atoms with Crippen molar-refractivity contribution in [3.8, 4) is 0 Å². The number of sulfonamides is 1. The second kappa shape index (κ2) is 7.04. The Morgan fingerprint density at radius 1 is 1.19 bits per heavy atom. The number of hydrogen-bond acceptors (Lipinski definition) is 4. The summed E-state index contributed by atoms with van der Waals surface area (Å²) in [7, 11) is -3.06. The molecule has 0 aliphatic carbocycles. The molecule has 0 aliphatic heterocycles. The Hall–Kier alpha value is -0.700. The van der Waals surface area contributed by atoms with Crippen LogP contribution in [0.25, 0.3) is 0 Å². The van der Waals surface area contributed by atoms with Crippen molar-refractivity contribution >= 4 is 29.8 Å². The molecule has 0 saturated heterocycles. The zero-order chi connectivity index (χ0) is 16.3. The lowest BCUT2D eigenvalue weighted by atomic mass is 10.0. The molecule has 0 atom stereocenters. The van der Waals surface area contributed by atoms with E-state index in [1.165, 1.54) is 0 Å². The Morgan fingerprint density at radius 3 is 2.19 bits per heavy atom. The monoisotopic (exact) mass is 357 g/mol. The molecule has 1 aromatic rings. The number of benzene rings is 1. The van der Waals surface area contributed by atoms with Gasteiger partial charge in [-0.1, -0.05) is 26.7 Å². The van der Waals surface area contributed by atoms with Crippen LogP contribution in [0.3, 0.4) is 0 Å². The van der Waals surface area contributed by atoms with Gasteiger partial charge in [-0.2, -0.15) is 0 Å². The summed E-state index contributed by atoms with van der Waals surface area (Å²) in [5.74, 6) is -1.00. The molecule has 0 spiro atoms. The van der Waals surface area contributed by atoms with Crippen molar-refractivity contribution in [2.24, 2.45) is 5.92 Å². The van der Waals surface area contributed by atoms with Crippen molar-refractivity contribution < 1.29 is 21.2 Å². The highest BCUT2D eigenvalue weighted by molar-refractivity contribution is 8.13. The minimum absolute atomic E-state index is 0.158. The first kappa shape index (κ1) is 18.3. The first-order valence-corrected chi connectivity index (χ1v) is 10.1. The van der Waals surface area contributed by atoms with Crippen molar-refractivity contribution in [1.82, 2.24) is 4.72 Å². The van der Waals surface area contributed by atoms with Gasteiger partial charge in [0.15, 0.2) is 0 Å². The van der Waals surface area contributed by atoms with Gasteiger partial charge in [-0.3, -0.25) is 0 Å². The van der Waals surface area contributed by atoms with Gasteiger partial charge in [-0.25, -0.2) is 25.9 Å². The van der Waals surface area contributed by atoms with Gasteiger partial charge in [-0.05, 0) is 24.1 Å². The normalized spacial score (nSPS) is 12.8. The Labute approximate surface area is 129 Å². The van der Waals surface area contributed by atoms with E-state index in [-0.39, 0.29) is 12.5 Å². The summed E-state index contributed by atoms with van der Waals surface area (Å²) in [6, 6.07) is 2.44. The van der Waals surface area contributed by atoms with E-state index in [1.54, 1.807) is 0 Å². The summed E-state index contributed by atoms with van der Waals surface area (Å²) >= 11 is 0. The Balaban J connectivity index is 3.05. The molecule has 0 bridgehead atoms. The summed E-state index contributed by atoms with van der Waals surface area (Å²) in [5.41, 5.74) is 0. The van der Waals surface area contributed by atoms with Gasteiger partial charge < -0.3 is 0 Å². The van der Waals surface area contributed by atoms with Crippen LogP contribution < -0.4 is 4.72 Å². The zero-order valence-corrected chi connectivity index (χ0v) is 14.0. The molecule has 0 saturated carbocycles. The molecule has 1 rings (SSSR count). The molecule has 0 fully saturated rings. The number of rotatable bonds is 7. The Bertz CT molecular complexity index is 700. The van der Waals surface area contributed by atoms with Crippen LogP contribution in [0.5, 0.6) is 0 Å². The SMILES string of the molecule is CCC(CC)CNS(=O)(=O)c1ccc(S(=O)(=O)Cl)cc1F. The van der Waals surface area contributed by atoms with Gasteiger partial charge in [0.2, 0.25) is 10.0 Å². The van der Waals surface area contributed by atoms with Gasteiger partial charge in [0, 0.05) is 17.2 Å². The highest BCUT2D eigenvalue weighted by Crippen LogP contribution is 2.21. The second-order valence-corrected chi connectivity index (χ2v) is 8.87. The third-order valence-corrected chi connectivity index (χ3v) is 6.00. The highest BCUT2D eigenvalue weighted by Gasteiger charge is 2.22. The lowest BCUT2D eigenvalue weighted by Gasteiger charge is -2.14. The van der Waals surface area contributed by atoms with Gasteiger partial charge in [0.05, 0.1) is 4.90 Å². The molecular weight excluding hydrogens is 341 g/mol. The minimum atomic E-state index is -4.10. The van der Waals surface area contributed by atoms with Crippen LogP contribution in [-0.2, 0) is 19.1 Å². The van der Waals surface area contributed by atoms with Gasteiger partial charge in [-0.15, -0.1) is 0 Å². The lowest BCUT2D eigenvalue weighted by molar-refractivity contribution is 0.476. The van der Waals surface area contributed by atoms with Crippen molar-refractivity contribution in [3.63, 3.8) is 0 Å². The van der Waals surface area contributed by atoms with Crippen LogP contribution in [0.4, 0.5) is 4.39 Å². The standard InChI is InChI=1S/C12H17ClFNO4S2/c1-3-9(4-2)8-15-21(18,19)12-6-5-10(7-11(12)14)20(13,16)17/h5-7,9,15H,3-4,8H2,1-2H3. The van der Waals surface area contributed by atoms with E-state index in [0.29, 0.717) is 6.07 Å². The van der Waals surface area contributed by atoms with E-state index in [4.69, 9.17) is 10.7 Å². The number of hydrogen-bond donors (Lipinski definition) is 1. The summed E-state index contributed by atoms with van der Waals surface area (Å²) in [4.78, 5) is -1.09. The summed E-state index contributed by atoms with van der Waals surface area (Å²) in [6.45, 7) is 4.07. The molecule has 9 heteroatoms. The molecule has 0 aliphatic rings. The van der Waals surface area contributed by atoms with Gasteiger partial charge >= 0.3 is 0 Å². The zero-order valence-electron chi connectivity index (χ0n) is 11.6. The van der Waals surface area contributed by atoms with E-state index in [1.807, 2.05) is 13.8 Å². The molecule has 0 radical (unpaired) electrons. The predicted octanol–water partition coefficient (Wildman–Crippen LogP) is 2.47. The van der Waals surface area contributed by atoms with Crippen LogP contribution in [-0.4, -0.2) is 23.4 Å². The van der Waals surface area contributed by atoms with Crippen molar-refractivity contribution in [3.05, 3.63) is 24.0 Å². The largest absolute Gasteiger partial charge is 0.261 e. The topological polar surface area (TPSA) is 80.3 Å². The fourth-order valence-corrected chi connectivity index (χ4v) is 3.67. The highest BCUT2D eigenvalue weighted by atomic mass is 35.7. The van der Waals surface area contributed by atoms with Crippen LogP contribution in [0.15, 0.2) is 28.0 Å². The van der Waals surface area contributed by atoms with E-state index < -0.39 is 34.7 Å². The Morgan fingerprint density at radius 2 is 1.76 bits per heavy atom. The van der Waals surface area contributed by atoms with Crippen molar-refractivity contribution in [2.45, 2.75) is 36.5 Å². The summed E-state index contributed by atoms with van der Waals surface area (Å²) < 4.78 is 62.3. The fraction of sp³-hybridized carbons (Fsp3) is 0.500. The van der Waals surface area contributed by atoms with Gasteiger partial charge in [0.1, 0.15) is 10.7 Å². The fourth-order valence-electron chi connectivity index (χ4n) is 1.73. The maximum absolute atomic E-state index is 13.8. The minimum Gasteiger partial charge on any atom is -0.211 e. The number of halogens is 2. The average molecular weight is 358 g/mol. The maximum Gasteiger partial charge on any atom is 0.261 e. The van der Waals surface area contributed by atoms with E-state index in [0.717, 1.165) is 25.0 Å². The quantitative estimate of drug-likeness (QED) is 0.760. The third kappa shape index (κ3) is 4.91. The molecule has 120 valence electrons. The molecule has 0 heterocycles. The summed E-state index contributed by atoms with van der Waals surface area (Å²) in [5, 5.41) is 0.